The van der Waals surface area contributed by atoms with E-state index >= 15 is 0 Å². The lowest BCUT2D eigenvalue weighted by atomic mass is 9.78. The van der Waals surface area contributed by atoms with Crippen LogP contribution in [0, 0.1) is 11.8 Å². The Balaban J connectivity index is 1.65. The molecule has 4 aromatic rings. The Kier molecular flexibility index (Phi) is 4.43. The van der Waals surface area contributed by atoms with Gasteiger partial charge in [-0.25, -0.2) is 9.50 Å². The number of halogens is 1. The first kappa shape index (κ1) is 18.4. The van der Waals surface area contributed by atoms with E-state index in [-0.39, 0.29) is 11.6 Å². The highest BCUT2D eigenvalue weighted by molar-refractivity contribution is 6.30. The predicted molar refractivity (Wildman–Crippen MR) is 116 cm³/mol. The zero-order valence-electron chi connectivity index (χ0n) is 16.5. The van der Waals surface area contributed by atoms with Crippen molar-refractivity contribution in [2.45, 2.75) is 39.2 Å². The van der Waals surface area contributed by atoms with Crippen LogP contribution >= 0.6 is 11.6 Å². The van der Waals surface area contributed by atoms with Crippen LogP contribution in [0.25, 0.3) is 27.7 Å². The molecule has 6 heteroatoms. The first-order valence-corrected chi connectivity index (χ1v) is 10.6. The third kappa shape index (κ3) is 2.96. The fourth-order valence-electron chi connectivity index (χ4n) is 4.67. The van der Waals surface area contributed by atoms with Crippen molar-refractivity contribution >= 4 is 28.2 Å². The summed E-state index contributed by atoms with van der Waals surface area (Å²) in [6.45, 7) is 4.55. The lowest BCUT2D eigenvalue weighted by Crippen LogP contribution is -2.33. The van der Waals surface area contributed by atoms with Gasteiger partial charge in [0.2, 0.25) is 0 Å². The van der Waals surface area contributed by atoms with Gasteiger partial charge in [-0.05, 0) is 42.0 Å². The minimum Gasteiger partial charge on any atom is -0.311 e. The van der Waals surface area contributed by atoms with Crippen molar-refractivity contribution in [1.82, 2.24) is 19.2 Å². The molecule has 3 heterocycles. The second-order valence-electron chi connectivity index (χ2n) is 8.22. The van der Waals surface area contributed by atoms with Crippen LogP contribution in [-0.4, -0.2) is 19.2 Å². The van der Waals surface area contributed by atoms with E-state index < -0.39 is 0 Å². The fourth-order valence-corrected chi connectivity index (χ4v) is 4.80. The normalized spacial score (nSPS) is 22.4. The van der Waals surface area contributed by atoms with Crippen LogP contribution in [0.3, 0.4) is 0 Å². The molecule has 1 aromatic carbocycles. The fraction of sp³-hybridized carbons (Fsp3) is 0.348. The standard InChI is InChI=1S/C23H23ClN4O/c1-14-4-3-5-20(15(14)2)27-11-10-21-19(23(27)29)12-25-22-18(13-26-28(21)22)16-6-8-17(24)9-7-16/h6-15,20H,3-5H2,1-2H3/t14-,15+,20-/m1/s1. The molecule has 1 aliphatic rings. The molecule has 0 N–H and O–H groups in total. The topological polar surface area (TPSA) is 52.2 Å². The molecule has 0 saturated heterocycles. The largest absolute Gasteiger partial charge is 0.311 e. The van der Waals surface area contributed by atoms with Crippen molar-refractivity contribution in [2.24, 2.45) is 11.8 Å². The Morgan fingerprint density at radius 1 is 1.07 bits per heavy atom. The lowest BCUT2D eigenvalue weighted by Gasteiger charge is -2.35. The number of pyridine rings is 1. The Hall–Kier alpha value is -2.66. The van der Waals surface area contributed by atoms with Gasteiger partial charge in [-0.3, -0.25) is 4.79 Å². The summed E-state index contributed by atoms with van der Waals surface area (Å²) in [5.74, 6) is 1.11. The average molecular weight is 407 g/mol. The molecule has 0 radical (unpaired) electrons. The van der Waals surface area contributed by atoms with E-state index in [0.717, 1.165) is 28.7 Å². The van der Waals surface area contributed by atoms with E-state index in [9.17, 15) is 4.79 Å². The van der Waals surface area contributed by atoms with Crippen molar-refractivity contribution in [3.63, 3.8) is 0 Å². The Labute approximate surface area is 174 Å². The predicted octanol–water partition coefficient (Wildman–Crippen LogP) is 5.36. The van der Waals surface area contributed by atoms with Crippen LogP contribution in [0.1, 0.15) is 39.2 Å². The van der Waals surface area contributed by atoms with Crippen molar-refractivity contribution < 1.29 is 0 Å². The summed E-state index contributed by atoms with van der Waals surface area (Å²) in [4.78, 5) is 17.9. The van der Waals surface area contributed by atoms with Gasteiger partial charge in [0.05, 0.1) is 17.1 Å². The molecule has 0 spiro atoms. The summed E-state index contributed by atoms with van der Waals surface area (Å²) >= 11 is 6.01. The third-order valence-electron chi connectivity index (χ3n) is 6.60. The number of benzene rings is 1. The average Bonchev–Trinajstić information content (AvgIpc) is 3.16. The van der Waals surface area contributed by atoms with Crippen LogP contribution in [0.2, 0.25) is 5.02 Å². The molecule has 0 unspecified atom stereocenters. The molecule has 5 rings (SSSR count). The Morgan fingerprint density at radius 3 is 2.66 bits per heavy atom. The van der Waals surface area contributed by atoms with Gasteiger partial charge in [0.15, 0.2) is 5.65 Å². The summed E-state index contributed by atoms with van der Waals surface area (Å²) in [5.41, 5.74) is 3.45. The first-order chi connectivity index (χ1) is 14.0. The second kappa shape index (κ2) is 6.99. The molecule has 1 aliphatic carbocycles. The number of hydrogen-bond donors (Lipinski definition) is 0. The van der Waals surface area contributed by atoms with Gasteiger partial charge in [0.1, 0.15) is 0 Å². The highest BCUT2D eigenvalue weighted by atomic mass is 35.5. The summed E-state index contributed by atoms with van der Waals surface area (Å²) in [7, 11) is 0. The van der Waals surface area contributed by atoms with Crippen LogP contribution in [0.4, 0.5) is 0 Å². The number of hydrogen-bond acceptors (Lipinski definition) is 3. The molecule has 1 fully saturated rings. The van der Waals surface area contributed by atoms with Gasteiger partial charge in [-0.15, -0.1) is 0 Å². The molecule has 3 aromatic heterocycles. The number of nitrogens with zero attached hydrogens (tertiary/aromatic N) is 4. The molecule has 0 aliphatic heterocycles. The molecular formula is C23H23ClN4O. The third-order valence-corrected chi connectivity index (χ3v) is 6.85. The zero-order chi connectivity index (χ0) is 20.1. The van der Waals surface area contributed by atoms with Crippen LogP contribution in [0.5, 0.6) is 0 Å². The van der Waals surface area contributed by atoms with Crippen LogP contribution in [-0.2, 0) is 0 Å². The van der Waals surface area contributed by atoms with Gasteiger partial charge in [-0.1, -0.05) is 50.4 Å². The van der Waals surface area contributed by atoms with Gasteiger partial charge in [0.25, 0.3) is 5.56 Å². The van der Waals surface area contributed by atoms with Crippen molar-refractivity contribution in [3.05, 3.63) is 64.3 Å². The molecule has 29 heavy (non-hydrogen) atoms. The van der Waals surface area contributed by atoms with E-state index in [1.165, 1.54) is 12.8 Å². The smallest absolute Gasteiger partial charge is 0.261 e. The first-order valence-electron chi connectivity index (χ1n) is 10.2. The van der Waals surface area contributed by atoms with Gasteiger partial charge in [0, 0.05) is 29.0 Å². The highest BCUT2D eigenvalue weighted by Gasteiger charge is 2.29. The SMILES string of the molecule is C[C@H]1[C@H](C)CCC[C@H]1n1ccc2c(cnc3c(-c4ccc(Cl)cc4)cnn32)c1=O. The zero-order valence-corrected chi connectivity index (χ0v) is 17.3. The second-order valence-corrected chi connectivity index (χ2v) is 8.66. The Bertz CT molecular complexity index is 1260. The quantitative estimate of drug-likeness (QED) is 0.450. The highest BCUT2D eigenvalue weighted by Crippen LogP contribution is 2.37. The maximum Gasteiger partial charge on any atom is 0.261 e. The molecule has 5 nitrogen and oxygen atoms in total. The maximum atomic E-state index is 13.3. The molecule has 3 atom stereocenters. The van der Waals surface area contributed by atoms with E-state index in [4.69, 9.17) is 11.6 Å². The molecular weight excluding hydrogens is 384 g/mol. The molecule has 148 valence electrons. The van der Waals surface area contributed by atoms with E-state index in [1.54, 1.807) is 16.9 Å². The number of rotatable bonds is 2. The van der Waals surface area contributed by atoms with E-state index in [1.807, 2.05) is 41.1 Å². The monoisotopic (exact) mass is 406 g/mol. The maximum absolute atomic E-state index is 13.3. The number of fused-ring (bicyclic) bond motifs is 3. The summed E-state index contributed by atoms with van der Waals surface area (Å²) in [5, 5.41) is 5.83. The molecule has 1 saturated carbocycles. The lowest BCUT2D eigenvalue weighted by molar-refractivity contribution is 0.183. The molecule has 0 bridgehead atoms. The van der Waals surface area contributed by atoms with Gasteiger partial charge >= 0.3 is 0 Å². The van der Waals surface area contributed by atoms with Crippen LogP contribution in [0.15, 0.2) is 53.7 Å². The molecule has 0 amide bonds. The van der Waals surface area contributed by atoms with E-state index in [2.05, 4.69) is 23.9 Å². The van der Waals surface area contributed by atoms with Crippen molar-refractivity contribution in [1.29, 1.82) is 0 Å². The minimum atomic E-state index is 0.0198. The van der Waals surface area contributed by atoms with Crippen molar-refractivity contribution in [2.75, 3.05) is 0 Å². The van der Waals surface area contributed by atoms with Crippen LogP contribution < -0.4 is 5.56 Å². The summed E-state index contributed by atoms with van der Waals surface area (Å²) in [6.07, 6.45) is 8.88. The Morgan fingerprint density at radius 2 is 1.86 bits per heavy atom. The minimum absolute atomic E-state index is 0.0198. The summed E-state index contributed by atoms with van der Waals surface area (Å²) < 4.78 is 3.68. The number of aromatic nitrogens is 4. The van der Waals surface area contributed by atoms with Crippen molar-refractivity contribution in [3.8, 4) is 11.1 Å². The van der Waals surface area contributed by atoms with E-state index in [0.29, 0.717) is 22.2 Å². The van der Waals surface area contributed by atoms with Gasteiger partial charge in [-0.2, -0.15) is 5.10 Å². The summed E-state index contributed by atoms with van der Waals surface area (Å²) in [6, 6.07) is 9.85. The van der Waals surface area contributed by atoms with Gasteiger partial charge < -0.3 is 4.57 Å².